The van der Waals surface area contributed by atoms with Gasteiger partial charge in [-0.2, -0.15) is 0 Å². The molecule has 0 spiro atoms. The molecular weight excluding hydrogens is 344 g/mol. The topological polar surface area (TPSA) is 92.9 Å². The SMILES string of the molecule is COc1cc2nc(Cc3nc4cc(C)c(C)cc4[nH]3)[nH]c(=O)c2cc1OC. The third-order valence-corrected chi connectivity index (χ3v) is 4.74. The van der Waals surface area contributed by atoms with E-state index >= 15 is 0 Å². The van der Waals surface area contributed by atoms with E-state index in [9.17, 15) is 4.79 Å². The van der Waals surface area contributed by atoms with E-state index in [1.165, 1.54) is 18.2 Å². The van der Waals surface area contributed by atoms with Crippen LogP contribution >= 0.6 is 0 Å². The third kappa shape index (κ3) is 3.01. The molecule has 0 radical (unpaired) electrons. The van der Waals surface area contributed by atoms with Crippen molar-refractivity contribution in [2.24, 2.45) is 0 Å². The first-order valence-electron chi connectivity index (χ1n) is 8.59. The van der Waals surface area contributed by atoms with Crippen LogP contribution in [0.25, 0.3) is 21.9 Å². The van der Waals surface area contributed by atoms with Crippen LogP contribution < -0.4 is 15.0 Å². The zero-order valence-electron chi connectivity index (χ0n) is 15.6. The van der Waals surface area contributed by atoms with Gasteiger partial charge in [-0.1, -0.05) is 0 Å². The number of nitrogens with zero attached hydrogens (tertiary/aromatic N) is 2. The summed E-state index contributed by atoms with van der Waals surface area (Å²) in [6.07, 6.45) is 0.395. The smallest absolute Gasteiger partial charge is 0.258 e. The number of nitrogens with one attached hydrogen (secondary N) is 2. The first kappa shape index (κ1) is 17.1. The van der Waals surface area contributed by atoms with Gasteiger partial charge in [-0.05, 0) is 43.2 Å². The van der Waals surface area contributed by atoms with Gasteiger partial charge in [0, 0.05) is 6.07 Å². The summed E-state index contributed by atoms with van der Waals surface area (Å²) in [6.45, 7) is 4.13. The number of hydrogen-bond acceptors (Lipinski definition) is 5. The number of methoxy groups -OCH3 is 2. The van der Waals surface area contributed by atoms with Crippen molar-refractivity contribution in [2.45, 2.75) is 20.3 Å². The molecule has 0 saturated carbocycles. The normalized spacial score (nSPS) is 11.3. The van der Waals surface area contributed by atoms with Crippen LogP contribution in [0.2, 0.25) is 0 Å². The number of fused-ring (bicyclic) bond motifs is 2. The van der Waals surface area contributed by atoms with Crippen LogP contribution in [-0.4, -0.2) is 34.2 Å². The molecule has 4 aromatic rings. The van der Waals surface area contributed by atoms with Crippen LogP contribution in [0.4, 0.5) is 0 Å². The molecule has 0 bridgehead atoms. The lowest BCUT2D eigenvalue weighted by Gasteiger charge is -2.09. The number of benzene rings is 2. The van der Waals surface area contributed by atoms with Gasteiger partial charge in [-0.25, -0.2) is 9.97 Å². The average Bonchev–Trinajstić information content (AvgIpc) is 3.01. The molecule has 2 aromatic heterocycles. The zero-order valence-corrected chi connectivity index (χ0v) is 15.6. The Hall–Kier alpha value is -3.35. The first-order valence-corrected chi connectivity index (χ1v) is 8.59. The van der Waals surface area contributed by atoms with Crippen molar-refractivity contribution in [1.82, 2.24) is 19.9 Å². The lowest BCUT2D eigenvalue weighted by atomic mass is 10.1. The van der Waals surface area contributed by atoms with E-state index in [2.05, 4.69) is 45.9 Å². The predicted octanol–water partition coefficient (Wildman–Crippen LogP) is 3.02. The fourth-order valence-corrected chi connectivity index (χ4v) is 3.16. The molecule has 0 aliphatic carbocycles. The van der Waals surface area contributed by atoms with Crippen LogP contribution in [0, 0.1) is 13.8 Å². The maximum atomic E-state index is 12.5. The molecule has 27 heavy (non-hydrogen) atoms. The molecule has 0 saturated heterocycles. The van der Waals surface area contributed by atoms with Crippen molar-refractivity contribution in [2.75, 3.05) is 14.2 Å². The summed E-state index contributed by atoms with van der Waals surface area (Å²) in [5.41, 5.74) is 4.60. The highest BCUT2D eigenvalue weighted by Crippen LogP contribution is 2.30. The lowest BCUT2D eigenvalue weighted by molar-refractivity contribution is 0.355. The molecule has 7 heteroatoms. The van der Waals surface area contributed by atoms with Crippen LogP contribution in [0.1, 0.15) is 22.8 Å². The molecule has 7 nitrogen and oxygen atoms in total. The maximum absolute atomic E-state index is 12.5. The Morgan fingerprint density at radius 2 is 1.48 bits per heavy atom. The van der Waals surface area contributed by atoms with Gasteiger partial charge in [0.15, 0.2) is 11.5 Å². The number of aryl methyl sites for hydroxylation is 2. The number of aromatic nitrogens is 4. The molecule has 0 unspecified atom stereocenters. The molecule has 0 aliphatic heterocycles. The number of ether oxygens (including phenoxy) is 2. The summed E-state index contributed by atoms with van der Waals surface area (Å²) in [5.74, 6) is 2.31. The van der Waals surface area contributed by atoms with Crippen molar-refractivity contribution >= 4 is 21.9 Å². The van der Waals surface area contributed by atoms with Gasteiger partial charge in [-0.15, -0.1) is 0 Å². The Labute approximate surface area is 155 Å². The minimum absolute atomic E-state index is 0.223. The van der Waals surface area contributed by atoms with E-state index in [0.717, 1.165) is 16.9 Å². The van der Waals surface area contributed by atoms with Crippen molar-refractivity contribution < 1.29 is 9.47 Å². The number of hydrogen-bond donors (Lipinski definition) is 2. The van der Waals surface area contributed by atoms with Crippen LogP contribution in [0.5, 0.6) is 11.5 Å². The molecule has 0 fully saturated rings. The van der Waals surface area contributed by atoms with Gasteiger partial charge in [0.25, 0.3) is 5.56 Å². The van der Waals surface area contributed by atoms with Crippen LogP contribution in [-0.2, 0) is 6.42 Å². The highest BCUT2D eigenvalue weighted by atomic mass is 16.5. The summed E-state index contributed by atoms with van der Waals surface area (Å²) in [7, 11) is 3.08. The Morgan fingerprint density at radius 1 is 0.852 bits per heavy atom. The van der Waals surface area contributed by atoms with Gasteiger partial charge < -0.3 is 19.4 Å². The van der Waals surface area contributed by atoms with Crippen molar-refractivity contribution in [1.29, 1.82) is 0 Å². The highest BCUT2D eigenvalue weighted by molar-refractivity contribution is 5.82. The molecule has 2 N–H and O–H groups in total. The van der Waals surface area contributed by atoms with Crippen molar-refractivity contribution in [3.05, 3.63) is 57.4 Å². The number of rotatable bonds is 4. The van der Waals surface area contributed by atoms with Crippen molar-refractivity contribution in [3.8, 4) is 11.5 Å². The molecule has 138 valence electrons. The molecule has 0 atom stereocenters. The summed E-state index contributed by atoms with van der Waals surface area (Å²) >= 11 is 0. The van der Waals surface area contributed by atoms with Gasteiger partial charge >= 0.3 is 0 Å². The molecule has 0 amide bonds. The lowest BCUT2D eigenvalue weighted by Crippen LogP contribution is -2.13. The second-order valence-electron chi connectivity index (χ2n) is 6.55. The number of imidazole rings is 1. The second-order valence-corrected chi connectivity index (χ2v) is 6.55. The molecular formula is C20H20N4O3. The van der Waals surface area contributed by atoms with Gasteiger partial charge in [0.05, 0.1) is 42.6 Å². The van der Waals surface area contributed by atoms with E-state index in [-0.39, 0.29) is 5.56 Å². The number of H-pyrrole nitrogens is 2. The molecule has 0 aliphatic rings. The zero-order chi connectivity index (χ0) is 19.1. The summed E-state index contributed by atoms with van der Waals surface area (Å²) in [6, 6.07) is 7.47. The summed E-state index contributed by atoms with van der Waals surface area (Å²) in [5, 5.41) is 0.451. The fourth-order valence-electron chi connectivity index (χ4n) is 3.16. The highest BCUT2D eigenvalue weighted by Gasteiger charge is 2.12. The predicted molar refractivity (Wildman–Crippen MR) is 104 cm³/mol. The molecule has 2 aromatic carbocycles. The Kier molecular flexibility index (Phi) is 4.07. The van der Waals surface area contributed by atoms with Crippen LogP contribution in [0.15, 0.2) is 29.1 Å². The van der Waals surface area contributed by atoms with Gasteiger partial charge in [-0.3, -0.25) is 4.79 Å². The Bertz CT molecular complexity index is 1180. The maximum Gasteiger partial charge on any atom is 0.258 e. The van der Waals surface area contributed by atoms with E-state index in [4.69, 9.17) is 9.47 Å². The first-order chi connectivity index (χ1) is 13.0. The standard InChI is InChI=1S/C20H20N4O3/c1-10-5-14-15(6-11(10)2)23-18(22-14)9-19-21-13-8-17(27-4)16(26-3)7-12(13)20(25)24-19/h5-8H,9H2,1-4H3,(H,22,23)(H,21,24,25). The van der Waals surface area contributed by atoms with Gasteiger partial charge in [0.1, 0.15) is 11.6 Å². The fraction of sp³-hybridized carbons (Fsp3) is 0.250. The monoisotopic (exact) mass is 364 g/mol. The minimum atomic E-state index is -0.223. The van der Waals surface area contributed by atoms with E-state index in [1.807, 2.05) is 0 Å². The largest absolute Gasteiger partial charge is 0.493 e. The average molecular weight is 364 g/mol. The minimum Gasteiger partial charge on any atom is -0.493 e. The van der Waals surface area contributed by atoms with E-state index in [0.29, 0.717) is 34.6 Å². The molecule has 2 heterocycles. The number of aromatic amines is 2. The summed E-state index contributed by atoms with van der Waals surface area (Å²) in [4.78, 5) is 27.8. The van der Waals surface area contributed by atoms with E-state index < -0.39 is 0 Å². The van der Waals surface area contributed by atoms with Gasteiger partial charge in [0.2, 0.25) is 0 Å². The van der Waals surface area contributed by atoms with Crippen molar-refractivity contribution in [3.63, 3.8) is 0 Å². The summed E-state index contributed by atoms with van der Waals surface area (Å²) < 4.78 is 10.6. The Morgan fingerprint density at radius 3 is 2.22 bits per heavy atom. The third-order valence-electron chi connectivity index (χ3n) is 4.74. The second kappa shape index (κ2) is 6.42. The molecule has 4 rings (SSSR count). The van der Waals surface area contributed by atoms with Crippen LogP contribution in [0.3, 0.4) is 0 Å². The van der Waals surface area contributed by atoms with E-state index in [1.54, 1.807) is 19.2 Å². The Balaban J connectivity index is 1.77. The quantitative estimate of drug-likeness (QED) is 0.581.